The van der Waals surface area contributed by atoms with Gasteiger partial charge in [-0.1, -0.05) is 18.2 Å². The quantitative estimate of drug-likeness (QED) is 0.358. The molecular formula is C27H24N4O5S. The number of hydrogen-bond donors (Lipinski definition) is 2. The summed E-state index contributed by atoms with van der Waals surface area (Å²) in [7, 11) is 1.01. The van der Waals surface area contributed by atoms with Gasteiger partial charge in [-0.05, 0) is 56.1 Å². The third kappa shape index (κ3) is 4.39. The summed E-state index contributed by atoms with van der Waals surface area (Å²) in [5, 5.41) is 13.1. The molecule has 37 heavy (non-hydrogen) atoms. The third-order valence-corrected chi connectivity index (χ3v) is 7.44. The highest BCUT2D eigenvalue weighted by molar-refractivity contribution is 7.87. The molecule has 2 heterocycles. The molecule has 1 aliphatic rings. The molecule has 0 saturated heterocycles. The standard InChI is InChI=1S/C27H24N4O5S/c1-31(2)15-16-8-9-21-18(10-16)11-22(30-21)19-12-23(35-3)26(20-14-29-27(32)25(19)20)36-37(33,34)24-7-5-4-6-17(24)13-28/h4-12,30H,14-15H2,1-3H3,(H,29,32). The van der Waals surface area contributed by atoms with E-state index in [1.165, 1.54) is 25.3 Å². The Hall–Kier alpha value is -4.33. The fourth-order valence-corrected chi connectivity index (χ4v) is 5.68. The molecule has 0 fully saturated rings. The summed E-state index contributed by atoms with van der Waals surface area (Å²) in [5.74, 6) is -0.286. The van der Waals surface area contributed by atoms with Crippen molar-refractivity contribution in [1.82, 2.24) is 15.2 Å². The Morgan fingerprint density at radius 3 is 2.62 bits per heavy atom. The van der Waals surface area contributed by atoms with E-state index in [-0.39, 0.29) is 34.4 Å². The van der Waals surface area contributed by atoms with Crippen molar-refractivity contribution in [3.63, 3.8) is 0 Å². The number of amides is 1. The van der Waals surface area contributed by atoms with Gasteiger partial charge in [0.05, 0.1) is 18.2 Å². The summed E-state index contributed by atoms with van der Waals surface area (Å²) in [6.07, 6.45) is 0. The molecule has 1 amide bonds. The van der Waals surface area contributed by atoms with E-state index in [1.807, 2.05) is 38.4 Å². The maximum absolute atomic E-state index is 13.2. The number of fused-ring (bicyclic) bond motifs is 2. The van der Waals surface area contributed by atoms with Gasteiger partial charge in [-0.3, -0.25) is 4.79 Å². The van der Waals surface area contributed by atoms with Crippen molar-refractivity contribution in [3.8, 4) is 28.8 Å². The summed E-state index contributed by atoms with van der Waals surface area (Å²) >= 11 is 0. The van der Waals surface area contributed by atoms with E-state index in [9.17, 15) is 18.5 Å². The second kappa shape index (κ2) is 9.28. The zero-order chi connectivity index (χ0) is 26.3. The highest BCUT2D eigenvalue weighted by atomic mass is 32.2. The van der Waals surface area contributed by atoms with E-state index in [0.29, 0.717) is 22.4 Å². The number of aromatic nitrogens is 1. The van der Waals surface area contributed by atoms with E-state index >= 15 is 0 Å². The maximum atomic E-state index is 13.2. The average Bonchev–Trinajstić information content (AvgIpc) is 3.47. The molecule has 0 bridgehead atoms. The van der Waals surface area contributed by atoms with Crippen molar-refractivity contribution >= 4 is 26.9 Å². The predicted octanol–water partition coefficient (Wildman–Crippen LogP) is 3.79. The van der Waals surface area contributed by atoms with Crippen LogP contribution in [0.25, 0.3) is 22.2 Å². The summed E-state index contributed by atoms with van der Waals surface area (Å²) < 4.78 is 37.4. The first-order valence-electron chi connectivity index (χ1n) is 11.4. The van der Waals surface area contributed by atoms with Gasteiger partial charge in [0.1, 0.15) is 11.0 Å². The molecule has 0 aliphatic carbocycles. The molecule has 0 atom stereocenters. The van der Waals surface area contributed by atoms with Crippen LogP contribution in [0.15, 0.2) is 59.5 Å². The lowest BCUT2D eigenvalue weighted by atomic mass is 9.98. The number of nitriles is 1. The predicted molar refractivity (Wildman–Crippen MR) is 138 cm³/mol. The van der Waals surface area contributed by atoms with Crippen LogP contribution in [0.1, 0.15) is 27.0 Å². The third-order valence-electron chi connectivity index (χ3n) is 6.16. The molecule has 0 unspecified atom stereocenters. The molecule has 1 aliphatic heterocycles. The Bertz CT molecular complexity index is 1700. The minimum Gasteiger partial charge on any atom is -0.493 e. The molecule has 0 radical (unpaired) electrons. The number of methoxy groups -OCH3 is 1. The number of carbonyl (C=O) groups excluding carboxylic acids is 1. The lowest BCUT2D eigenvalue weighted by molar-refractivity contribution is 0.0966. The van der Waals surface area contributed by atoms with Gasteiger partial charge in [0.25, 0.3) is 5.91 Å². The molecule has 0 spiro atoms. The topological polar surface area (TPSA) is 125 Å². The molecule has 5 rings (SSSR count). The monoisotopic (exact) mass is 516 g/mol. The van der Waals surface area contributed by atoms with Crippen molar-refractivity contribution in [2.24, 2.45) is 0 Å². The number of H-pyrrole nitrogens is 1. The van der Waals surface area contributed by atoms with E-state index in [1.54, 1.807) is 12.1 Å². The van der Waals surface area contributed by atoms with Crippen LogP contribution in [0, 0.1) is 11.3 Å². The molecule has 188 valence electrons. The Morgan fingerprint density at radius 2 is 1.89 bits per heavy atom. The highest BCUT2D eigenvalue weighted by Crippen LogP contribution is 2.43. The number of nitrogens with one attached hydrogen (secondary N) is 2. The van der Waals surface area contributed by atoms with Crippen LogP contribution in [0.4, 0.5) is 0 Å². The Balaban J connectivity index is 1.63. The first-order chi connectivity index (χ1) is 17.7. The van der Waals surface area contributed by atoms with Crippen LogP contribution < -0.4 is 14.2 Å². The molecular weight excluding hydrogens is 492 g/mol. The maximum Gasteiger partial charge on any atom is 0.340 e. The van der Waals surface area contributed by atoms with Gasteiger partial charge in [-0.15, -0.1) is 0 Å². The van der Waals surface area contributed by atoms with Crippen LogP contribution in [-0.4, -0.2) is 45.4 Å². The van der Waals surface area contributed by atoms with Gasteiger partial charge in [-0.2, -0.15) is 13.7 Å². The number of hydrogen-bond acceptors (Lipinski definition) is 7. The average molecular weight is 517 g/mol. The Kier molecular flexibility index (Phi) is 6.11. The number of carbonyl (C=O) groups is 1. The van der Waals surface area contributed by atoms with Crippen LogP contribution in [0.5, 0.6) is 11.5 Å². The number of ether oxygens (including phenoxy) is 1. The lowest BCUT2D eigenvalue weighted by Crippen LogP contribution is -2.14. The van der Waals surface area contributed by atoms with Gasteiger partial charge in [-0.25, -0.2) is 0 Å². The minimum absolute atomic E-state index is 0.0457. The second-order valence-electron chi connectivity index (χ2n) is 8.98. The normalized spacial score (nSPS) is 12.9. The van der Waals surface area contributed by atoms with Crippen molar-refractivity contribution in [3.05, 3.63) is 76.9 Å². The summed E-state index contributed by atoms with van der Waals surface area (Å²) in [4.78, 5) is 18.1. The fraction of sp³-hybridized carbons (Fsp3) is 0.185. The molecule has 10 heteroatoms. The number of rotatable bonds is 7. The summed E-state index contributed by atoms with van der Waals surface area (Å²) in [6.45, 7) is 0.855. The van der Waals surface area contributed by atoms with Crippen molar-refractivity contribution in [2.75, 3.05) is 21.2 Å². The van der Waals surface area contributed by atoms with Crippen LogP contribution >= 0.6 is 0 Å². The van der Waals surface area contributed by atoms with Gasteiger partial charge in [0, 0.05) is 40.8 Å². The molecule has 0 saturated carbocycles. The van der Waals surface area contributed by atoms with Gasteiger partial charge in [0.15, 0.2) is 11.5 Å². The highest BCUT2D eigenvalue weighted by Gasteiger charge is 2.33. The smallest absolute Gasteiger partial charge is 0.340 e. The van der Waals surface area contributed by atoms with E-state index < -0.39 is 10.1 Å². The zero-order valence-electron chi connectivity index (χ0n) is 20.5. The molecule has 3 aromatic carbocycles. The number of aromatic amines is 1. The van der Waals surface area contributed by atoms with Crippen molar-refractivity contribution in [2.45, 2.75) is 18.0 Å². The lowest BCUT2D eigenvalue weighted by Gasteiger charge is -2.16. The molecule has 9 nitrogen and oxygen atoms in total. The molecule has 4 aromatic rings. The molecule has 2 N–H and O–H groups in total. The number of benzene rings is 3. The van der Waals surface area contributed by atoms with Crippen LogP contribution in [0.3, 0.4) is 0 Å². The van der Waals surface area contributed by atoms with E-state index in [4.69, 9.17) is 8.92 Å². The Labute approximate surface area is 214 Å². The minimum atomic E-state index is -4.39. The molecule has 1 aromatic heterocycles. The first-order valence-corrected chi connectivity index (χ1v) is 12.8. The largest absolute Gasteiger partial charge is 0.493 e. The summed E-state index contributed by atoms with van der Waals surface area (Å²) in [5.41, 5.74) is 3.93. The van der Waals surface area contributed by atoms with Gasteiger partial charge < -0.3 is 24.1 Å². The van der Waals surface area contributed by atoms with Crippen LogP contribution in [-0.2, 0) is 23.2 Å². The fourth-order valence-electron chi connectivity index (χ4n) is 4.56. The second-order valence-corrected chi connectivity index (χ2v) is 10.5. The van der Waals surface area contributed by atoms with E-state index in [0.717, 1.165) is 23.0 Å². The van der Waals surface area contributed by atoms with Crippen molar-refractivity contribution < 1.29 is 22.1 Å². The SMILES string of the molecule is COc1cc(-c2cc3cc(CN(C)C)ccc3[nH]2)c2c(c1OS(=O)(=O)c1ccccc1C#N)CNC2=O. The van der Waals surface area contributed by atoms with Crippen LogP contribution in [0.2, 0.25) is 0 Å². The Morgan fingerprint density at radius 1 is 1.11 bits per heavy atom. The van der Waals surface area contributed by atoms with E-state index in [2.05, 4.69) is 21.3 Å². The van der Waals surface area contributed by atoms with Gasteiger partial charge in [0.2, 0.25) is 0 Å². The van der Waals surface area contributed by atoms with Gasteiger partial charge >= 0.3 is 10.1 Å². The zero-order valence-corrected chi connectivity index (χ0v) is 21.3. The summed E-state index contributed by atoms with van der Waals surface area (Å²) in [6, 6.07) is 17.3. The first kappa shape index (κ1) is 24.4. The van der Waals surface area contributed by atoms with Crippen molar-refractivity contribution in [1.29, 1.82) is 5.26 Å². The number of nitrogens with zero attached hydrogens (tertiary/aromatic N) is 2.